The lowest BCUT2D eigenvalue weighted by molar-refractivity contribution is -0.131. The van der Waals surface area contributed by atoms with Gasteiger partial charge in [-0.15, -0.1) is 0 Å². The van der Waals surface area contributed by atoms with Gasteiger partial charge in [-0.05, 0) is 44.9 Å². The van der Waals surface area contributed by atoms with Crippen molar-refractivity contribution in [2.75, 3.05) is 5.32 Å². The number of hydrogen-bond donors (Lipinski definition) is 2. The van der Waals surface area contributed by atoms with Crippen molar-refractivity contribution in [1.29, 1.82) is 0 Å². The van der Waals surface area contributed by atoms with E-state index in [1.54, 1.807) is 13.8 Å². The van der Waals surface area contributed by atoms with E-state index in [0.717, 1.165) is 6.07 Å². The van der Waals surface area contributed by atoms with Gasteiger partial charge in [-0.2, -0.15) is 8.78 Å². The van der Waals surface area contributed by atoms with Gasteiger partial charge in [0.2, 0.25) is 0 Å². The number of nitrogens with zero attached hydrogens (tertiary/aromatic N) is 1. The first-order valence-electron chi connectivity index (χ1n) is 9.90. The Hall–Kier alpha value is -3.14. The number of ether oxygens (including phenoxy) is 2. The van der Waals surface area contributed by atoms with E-state index in [0.29, 0.717) is 0 Å². The van der Waals surface area contributed by atoms with E-state index >= 15 is 0 Å². The lowest BCUT2D eigenvalue weighted by Gasteiger charge is -2.26. The summed E-state index contributed by atoms with van der Waals surface area (Å²) in [6.07, 6.45) is 0.211. The van der Waals surface area contributed by atoms with E-state index in [4.69, 9.17) is 10.5 Å². The van der Waals surface area contributed by atoms with Crippen LogP contribution in [0.3, 0.4) is 0 Å². The quantitative estimate of drug-likeness (QED) is 0.696. The van der Waals surface area contributed by atoms with Gasteiger partial charge in [0.25, 0.3) is 11.8 Å². The van der Waals surface area contributed by atoms with Gasteiger partial charge in [0.1, 0.15) is 23.4 Å². The largest absolute Gasteiger partial charge is 0.434 e. The van der Waals surface area contributed by atoms with Gasteiger partial charge in [0.15, 0.2) is 0 Å². The molecule has 0 spiro atoms. The molecule has 3 rings (SSSR count). The van der Waals surface area contributed by atoms with Crippen LogP contribution in [0.2, 0.25) is 0 Å². The molecule has 2 aromatic rings. The van der Waals surface area contributed by atoms with Crippen LogP contribution in [0, 0.1) is 18.7 Å². The van der Waals surface area contributed by atoms with E-state index < -0.39 is 41.9 Å². The molecular formula is C22H24F3N3O4. The molecule has 2 heterocycles. The van der Waals surface area contributed by atoms with Crippen LogP contribution in [0.15, 0.2) is 30.5 Å². The molecule has 0 radical (unpaired) electrons. The first-order chi connectivity index (χ1) is 14.9. The zero-order valence-electron chi connectivity index (χ0n) is 18.0. The lowest BCUT2D eigenvalue weighted by Crippen LogP contribution is -2.33. The van der Waals surface area contributed by atoms with Crippen LogP contribution in [0.1, 0.15) is 48.3 Å². The molecule has 32 heavy (non-hydrogen) atoms. The fraction of sp³-hybridized carbons (Fsp3) is 0.409. The third kappa shape index (κ3) is 4.55. The summed E-state index contributed by atoms with van der Waals surface area (Å²) in [7, 11) is 0. The van der Waals surface area contributed by atoms with Gasteiger partial charge < -0.3 is 20.5 Å². The standard InChI is InChI=1S/C22H24F3N3O4/c1-10-14(23)6-5-13(17(10)31-21(24)25)16-11(2)22(3,4)32-18(16)20(30)28-12-7-8-27-15(9-12)19(26)29/h5-9,11,16,18,21H,1-4H3,(H2,26,29)(H,27,28,30)/t11-,16+,18+/m1/s1. The number of benzene rings is 1. The van der Waals surface area contributed by atoms with E-state index in [1.807, 2.05) is 6.92 Å². The number of amides is 2. The summed E-state index contributed by atoms with van der Waals surface area (Å²) in [5.74, 6) is -3.37. The molecule has 1 aliphatic heterocycles. The highest BCUT2D eigenvalue weighted by molar-refractivity contribution is 5.97. The molecule has 0 saturated carbocycles. The molecule has 0 unspecified atom stereocenters. The Labute approximate surface area is 183 Å². The Balaban J connectivity index is 2.01. The van der Waals surface area contributed by atoms with Crippen LogP contribution in [0.25, 0.3) is 0 Å². The molecule has 3 N–H and O–H groups in total. The fourth-order valence-corrected chi connectivity index (χ4v) is 3.90. The number of carbonyl (C=O) groups is 2. The summed E-state index contributed by atoms with van der Waals surface area (Å²) in [6.45, 7) is 3.54. The van der Waals surface area contributed by atoms with E-state index in [2.05, 4.69) is 15.0 Å². The topological polar surface area (TPSA) is 104 Å². The minimum Gasteiger partial charge on any atom is -0.434 e. The molecule has 0 aliphatic carbocycles. The predicted octanol–water partition coefficient (Wildman–Crippen LogP) is 3.77. The molecule has 1 aromatic carbocycles. The van der Waals surface area contributed by atoms with E-state index in [9.17, 15) is 22.8 Å². The molecule has 0 bridgehead atoms. The Morgan fingerprint density at radius 2 is 1.97 bits per heavy atom. The number of nitrogens with one attached hydrogen (secondary N) is 1. The van der Waals surface area contributed by atoms with Gasteiger partial charge in [-0.3, -0.25) is 14.6 Å². The molecule has 2 amide bonds. The number of alkyl halides is 2. The minimum absolute atomic E-state index is 0.0397. The second-order valence-corrected chi connectivity index (χ2v) is 8.21. The molecule has 1 aliphatic rings. The molecule has 7 nitrogen and oxygen atoms in total. The van der Waals surface area contributed by atoms with Gasteiger partial charge in [0.05, 0.1) is 5.60 Å². The number of nitrogens with two attached hydrogens (primary N) is 1. The number of primary amides is 1. The van der Waals surface area contributed by atoms with Crippen LogP contribution in [-0.2, 0) is 9.53 Å². The monoisotopic (exact) mass is 451 g/mol. The Morgan fingerprint density at radius 3 is 2.59 bits per heavy atom. The second-order valence-electron chi connectivity index (χ2n) is 8.21. The first kappa shape index (κ1) is 23.5. The highest BCUT2D eigenvalue weighted by atomic mass is 19.3. The number of rotatable bonds is 6. The number of halogens is 3. The van der Waals surface area contributed by atoms with Crippen molar-refractivity contribution >= 4 is 17.5 Å². The van der Waals surface area contributed by atoms with Crippen LogP contribution >= 0.6 is 0 Å². The average Bonchev–Trinajstić information content (AvgIpc) is 2.95. The maximum Gasteiger partial charge on any atom is 0.387 e. The molecule has 1 fully saturated rings. The Bertz CT molecular complexity index is 1050. The fourth-order valence-electron chi connectivity index (χ4n) is 3.90. The van der Waals surface area contributed by atoms with Crippen molar-refractivity contribution in [1.82, 2.24) is 4.98 Å². The molecule has 1 aromatic heterocycles. The number of aromatic nitrogens is 1. The second kappa shape index (κ2) is 8.78. The van der Waals surface area contributed by atoms with Crippen LogP contribution < -0.4 is 15.8 Å². The third-order valence-corrected chi connectivity index (χ3v) is 5.87. The van der Waals surface area contributed by atoms with Gasteiger partial charge >= 0.3 is 6.61 Å². The lowest BCUT2D eigenvalue weighted by atomic mass is 9.77. The Kier molecular flexibility index (Phi) is 6.45. The summed E-state index contributed by atoms with van der Waals surface area (Å²) < 4.78 is 51.0. The number of anilines is 1. The predicted molar refractivity (Wildman–Crippen MR) is 110 cm³/mol. The molecule has 1 saturated heterocycles. The summed E-state index contributed by atoms with van der Waals surface area (Å²) in [6, 6.07) is 5.27. The molecular weight excluding hydrogens is 427 g/mol. The first-order valence-corrected chi connectivity index (χ1v) is 9.90. The summed E-state index contributed by atoms with van der Waals surface area (Å²) in [5.41, 5.74) is 4.81. The van der Waals surface area contributed by atoms with Gasteiger partial charge in [0, 0.05) is 28.9 Å². The van der Waals surface area contributed by atoms with Crippen molar-refractivity contribution < 1.29 is 32.2 Å². The van der Waals surface area contributed by atoms with Gasteiger partial charge in [-0.25, -0.2) is 4.39 Å². The van der Waals surface area contributed by atoms with Crippen molar-refractivity contribution in [3.63, 3.8) is 0 Å². The maximum atomic E-state index is 14.1. The number of hydrogen-bond acceptors (Lipinski definition) is 5. The maximum absolute atomic E-state index is 14.1. The molecule has 172 valence electrons. The normalized spacial score (nSPS) is 22.1. The van der Waals surface area contributed by atoms with Crippen LogP contribution in [0.4, 0.5) is 18.9 Å². The Morgan fingerprint density at radius 1 is 1.28 bits per heavy atom. The highest BCUT2D eigenvalue weighted by Gasteiger charge is 2.51. The van der Waals surface area contributed by atoms with Crippen LogP contribution in [-0.4, -0.2) is 35.1 Å². The average molecular weight is 451 g/mol. The number of carbonyl (C=O) groups excluding carboxylic acids is 2. The smallest absolute Gasteiger partial charge is 0.387 e. The third-order valence-electron chi connectivity index (χ3n) is 5.87. The minimum atomic E-state index is -3.17. The summed E-state index contributed by atoms with van der Waals surface area (Å²) in [5, 5.41) is 2.65. The van der Waals surface area contributed by atoms with Crippen LogP contribution in [0.5, 0.6) is 5.75 Å². The van der Waals surface area contributed by atoms with E-state index in [-0.39, 0.29) is 34.2 Å². The highest BCUT2D eigenvalue weighted by Crippen LogP contribution is 2.49. The molecule has 3 atom stereocenters. The summed E-state index contributed by atoms with van der Waals surface area (Å²) >= 11 is 0. The zero-order chi connectivity index (χ0) is 23.8. The summed E-state index contributed by atoms with van der Waals surface area (Å²) in [4.78, 5) is 28.3. The molecule has 10 heteroatoms. The number of pyridine rings is 1. The van der Waals surface area contributed by atoms with Gasteiger partial charge in [-0.1, -0.05) is 13.0 Å². The van der Waals surface area contributed by atoms with E-state index in [1.165, 1.54) is 31.3 Å². The zero-order valence-corrected chi connectivity index (χ0v) is 18.0. The van der Waals surface area contributed by atoms with Crippen molar-refractivity contribution in [3.05, 3.63) is 53.1 Å². The van der Waals surface area contributed by atoms with Crippen molar-refractivity contribution in [2.24, 2.45) is 11.7 Å². The SMILES string of the molecule is Cc1c(F)ccc([C@H]2[C@@H](C(=O)Nc3ccnc(C(N)=O)c3)OC(C)(C)[C@@H]2C)c1OC(F)F. The van der Waals surface area contributed by atoms with Crippen molar-refractivity contribution in [3.8, 4) is 5.75 Å². The van der Waals surface area contributed by atoms with Crippen molar-refractivity contribution in [2.45, 2.75) is 51.9 Å².